The molecule has 1 unspecified atom stereocenters. The molecule has 1 fully saturated rings. The molecular weight excluding hydrogens is 276 g/mol. The maximum atomic E-state index is 3.62. The molecule has 0 saturated carbocycles. The van der Waals surface area contributed by atoms with Crippen LogP contribution in [0.5, 0.6) is 0 Å². The van der Waals surface area contributed by atoms with Gasteiger partial charge in [0.25, 0.3) is 0 Å². The van der Waals surface area contributed by atoms with Gasteiger partial charge in [0, 0.05) is 35.3 Å². The van der Waals surface area contributed by atoms with Crippen molar-refractivity contribution in [2.75, 3.05) is 24.5 Å². The van der Waals surface area contributed by atoms with Crippen molar-refractivity contribution in [3.05, 3.63) is 28.2 Å². The van der Waals surface area contributed by atoms with Crippen molar-refractivity contribution in [2.45, 2.75) is 32.7 Å². The first-order chi connectivity index (χ1) is 8.04. The Hall–Kier alpha value is -0.540. The third-order valence-corrected chi connectivity index (χ3v) is 4.63. The maximum Gasteiger partial charge on any atom is 0.0378 e. The molecule has 0 aromatic heterocycles. The van der Waals surface area contributed by atoms with Gasteiger partial charge in [-0.1, -0.05) is 28.9 Å². The number of benzene rings is 1. The van der Waals surface area contributed by atoms with Gasteiger partial charge in [-0.3, -0.25) is 0 Å². The fourth-order valence-corrected chi connectivity index (χ4v) is 2.65. The molecule has 1 heterocycles. The minimum absolute atomic E-state index is 0.246. The zero-order valence-electron chi connectivity index (χ0n) is 10.9. The molecule has 94 valence electrons. The van der Waals surface area contributed by atoms with Gasteiger partial charge in [-0.05, 0) is 38.0 Å². The largest absolute Gasteiger partial charge is 0.368 e. The summed E-state index contributed by atoms with van der Waals surface area (Å²) < 4.78 is 1.20. The number of piperazine rings is 1. The Kier molecular flexibility index (Phi) is 3.79. The predicted molar refractivity (Wildman–Crippen MR) is 77.8 cm³/mol. The minimum Gasteiger partial charge on any atom is -0.368 e. The summed E-state index contributed by atoms with van der Waals surface area (Å²) in [6, 6.07) is 6.64. The molecule has 2 rings (SSSR count). The van der Waals surface area contributed by atoms with Crippen LogP contribution in [0.1, 0.15) is 25.8 Å². The molecule has 3 heteroatoms. The van der Waals surface area contributed by atoms with Crippen LogP contribution < -0.4 is 10.2 Å². The molecule has 1 aliphatic heterocycles. The molecule has 0 bridgehead atoms. The molecule has 1 saturated heterocycles. The third kappa shape index (κ3) is 2.83. The van der Waals surface area contributed by atoms with Crippen LogP contribution >= 0.6 is 15.9 Å². The van der Waals surface area contributed by atoms with Crippen molar-refractivity contribution in [1.82, 2.24) is 5.32 Å². The van der Waals surface area contributed by atoms with Gasteiger partial charge in [-0.2, -0.15) is 0 Å². The van der Waals surface area contributed by atoms with Gasteiger partial charge >= 0.3 is 0 Å². The smallest absolute Gasteiger partial charge is 0.0378 e. The summed E-state index contributed by atoms with van der Waals surface area (Å²) in [5, 5.41) is 3.62. The normalized spacial score (nSPS) is 25.1. The highest BCUT2D eigenvalue weighted by molar-refractivity contribution is 9.10. The molecule has 1 N–H and O–H groups in total. The van der Waals surface area contributed by atoms with Crippen molar-refractivity contribution in [2.24, 2.45) is 0 Å². The van der Waals surface area contributed by atoms with E-state index in [0.717, 1.165) is 26.1 Å². The summed E-state index contributed by atoms with van der Waals surface area (Å²) in [5.41, 5.74) is 2.86. The number of nitrogens with one attached hydrogen (secondary N) is 1. The van der Waals surface area contributed by atoms with Crippen molar-refractivity contribution >= 4 is 21.6 Å². The average molecular weight is 297 g/mol. The van der Waals surface area contributed by atoms with E-state index in [1.165, 1.54) is 15.7 Å². The highest BCUT2D eigenvalue weighted by atomic mass is 79.9. The van der Waals surface area contributed by atoms with Crippen molar-refractivity contribution in [3.63, 3.8) is 0 Å². The van der Waals surface area contributed by atoms with E-state index in [1.54, 1.807) is 0 Å². The fraction of sp³-hybridized carbons (Fsp3) is 0.571. The topological polar surface area (TPSA) is 15.3 Å². The Morgan fingerprint density at radius 2 is 2.24 bits per heavy atom. The lowest BCUT2D eigenvalue weighted by Crippen LogP contribution is -2.58. The van der Waals surface area contributed by atoms with Gasteiger partial charge in [0.2, 0.25) is 0 Å². The van der Waals surface area contributed by atoms with Crippen LogP contribution in [0.4, 0.5) is 5.69 Å². The molecule has 0 radical (unpaired) electrons. The summed E-state index contributed by atoms with van der Waals surface area (Å²) in [4.78, 5) is 2.48. The monoisotopic (exact) mass is 296 g/mol. The van der Waals surface area contributed by atoms with Crippen LogP contribution in [-0.2, 0) is 0 Å². The standard InChI is InChI=1S/C14H21BrN2/c1-4-14(3)10-17(8-7-16-14)12-6-5-11(2)13(15)9-12/h5-6,9,16H,4,7-8,10H2,1-3H3. The summed E-state index contributed by atoms with van der Waals surface area (Å²) in [6.45, 7) is 9.92. The summed E-state index contributed by atoms with van der Waals surface area (Å²) >= 11 is 3.62. The van der Waals surface area contributed by atoms with Crippen molar-refractivity contribution in [1.29, 1.82) is 0 Å². The van der Waals surface area contributed by atoms with E-state index < -0.39 is 0 Å². The number of nitrogens with zero attached hydrogens (tertiary/aromatic N) is 1. The van der Waals surface area contributed by atoms with Crippen molar-refractivity contribution in [3.8, 4) is 0 Å². The summed E-state index contributed by atoms with van der Waals surface area (Å²) in [5.74, 6) is 0. The molecule has 1 aromatic rings. The van der Waals surface area contributed by atoms with Crippen LogP contribution in [0.3, 0.4) is 0 Å². The van der Waals surface area contributed by atoms with Gasteiger partial charge in [-0.15, -0.1) is 0 Å². The van der Waals surface area contributed by atoms with Gasteiger partial charge in [0.05, 0.1) is 0 Å². The number of anilines is 1. The van der Waals surface area contributed by atoms with Crippen LogP contribution in [0.2, 0.25) is 0 Å². The second kappa shape index (κ2) is 4.99. The first kappa shape index (κ1) is 12.9. The van der Waals surface area contributed by atoms with Gasteiger partial charge in [0.1, 0.15) is 0 Å². The summed E-state index contributed by atoms with van der Waals surface area (Å²) in [6.07, 6.45) is 1.16. The fourth-order valence-electron chi connectivity index (χ4n) is 2.28. The Labute approximate surface area is 113 Å². The van der Waals surface area contributed by atoms with E-state index in [2.05, 4.69) is 65.1 Å². The second-order valence-electron chi connectivity index (χ2n) is 5.20. The third-order valence-electron chi connectivity index (χ3n) is 3.77. The van der Waals surface area contributed by atoms with Crippen molar-refractivity contribution < 1.29 is 0 Å². The number of hydrogen-bond acceptors (Lipinski definition) is 2. The highest BCUT2D eigenvalue weighted by Gasteiger charge is 2.28. The Morgan fingerprint density at radius 1 is 1.47 bits per heavy atom. The zero-order valence-corrected chi connectivity index (χ0v) is 12.5. The second-order valence-corrected chi connectivity index (χ2v) is 6.05. The van der Waals surface area contributed by atoms with E-state index in [9.17, 15) is 0 Å². The van der Waals surface area contributed by atoms with E-state index >= 15 is 0 Å². The van der Waals surface area contributed by atoms with Crippen LogP contribution in [-0.4, -0.2) is 25.2 Å². The van der Waals surface area contributed by atoms with E-state index in [-0.39, 0.29) is 5.54 Å². The van der Waals surface area contributed by atoms with E-state index in [4.69, 9.17) is 0 Å². The zero-order chi connectivity index (χ0) is 12.5. The lowest BCUT2D eigenvalue weighted by molar-refractivity contribution is 0.314. The first-order valence-electron chi connectivity index (χ1n) is 6.30. The first-order valence-corrected chi connectivity index (χ1v) is 7.09. The van der Waals surface area contributed by atoms with Crippen LogP contribution in [0.25, 0.3) is 0 Å². The maximum absolute atomic E-state index is 3.62. The minimum atomic E-state index is 0.246. The molecule has 1 atom stereocenters. The van der Waals surface area contributed by atoms with Gasteiger partial charge in [-0.25, -0.2) is 0 Å². The number of aryl methyl sites for hydroxylation is 1. The number of halogens is 1. The number of hydrogen-bond donors (Lipinski definition) is 1. The molecule has 0 aliphatic carbocycles. The molecular formula is C14H21BrN2. The van der Waals surface area contributed by atoms with Gasteiger partial charge < -0.3 is 10.2 Å². The Bertz CT molecular complexity index is 405. The summed E-state index contributed by atoms with van der Waals surface area (Å²) in [7, 11) is 0. The molecule has 17 heavy (non-hydrogen) atoms. The SMILES string of the molecule is CCC1(C)CN(c2ccc(C)c(Br)c2)CCN1. The Balaban J connectivity index is 2.19. The van der Waals surface area contributed by atoms with E-state index in [1.807, 2.05) is 0 Å². The molecule has 1 aromatic carbocycles. The molecule has 0 amide bonds. The van der Waals surface area contributed by atoms with Crippen LogP contribution in [0.15, 0.2) is 22.7 Å². The molecule has 0 spiro atoms. The Morgan fingerprint density at radius 3 is 2.88 bits per heavy atom. The van der Waals surface area contributed by atoms with E-state index in [0.29, 0.717) is 0 Å². The molecule has 2 nitrogen and oxygen atoms in total. The predicted octanol–water partition coefficient (Wildman–Crippen LogP) is 3.34. The average Bonchev–Trinajstić information content (AvgIpc) is 2.33. The van der Waals surface area contributed by atoms with Crippen LogP contribution in [0, 0.1) is 6.92 Å². The number of rotatable bonds is 2. The quantitative estimate of drug-likeness (QED) is 0.900. The van der Waals surface area contributed by atoms with Gasteiger partial charge in [0.15, 0.2) is 0 Å². The lowest BCUT2D eigenvalue weighted by atomic mass is 9.95. The molecule has 1 aliphatic rings. The lowest BCUT2D eigenvalue weighted by Gasteiger charge is -2.42. The highest BCUT2D eigenvalue weighted by Crippen LogP contribution is 2.26.